The fourth-order valence-electron chi connectivity index (χ4n) is 4.31. The average Bonchev–Trinajstić information content (AvgIpc) is 3.07. The molecule has 2 aromatic rings. The van der Waals surface area contributed by atoms with Gasteiger partial charge in [0.05, 0.1) is 5.52 Å². The summed E-state index contributed by atoms with van der Waals surface area (Å²) in [5, 5.41) is 4.82. The fourth-order valence-corrected chi connectivity index (χ4v) is 4.31. The zero-order valence-corrected chi connectivity index (χ0v) is 12.6. The SMILES string of the molecule is CCC1C2CNCC2CN1Cc1ccc2ncccc2c1. The molecule has 1 aromatic carbocycles. The lowest BCUT2D eigenvalue weighted by molar-refractivity contribution is 0.210. The highest BCUT2D eigenvalue weighted by Gasteiger charge is 2.42. The molecule has 1 aromatic heterocycles. The first-order valence-electron chi connectivity index (χ1n) is 8.13. The molecule has 3 unspecified atom stereocenters. The second-order valence-electron chi connectivity index (χ2n) is 6.52. The Kier molecular flexibility index (Phi) is 3.40. The molecule has 0 saturated carbocycles. The van der Waals surface area contributed by atoms with E-state index in [-0.39, 0.29) is 0 Å². The Hall–Kier alpha value is -1.45. The molecule has 0 spiro atoms. The number of likely N-dealkylation sites (tertiary alicyclic amines) is 1. The van der Waals surface area contributed by atoms with Crippen molar-refractivity contribution in [2.75, 3.05) is 19.6 Å². The number of aromatic nitrogens is 1. The molecule has 3 nitrogen and oxygen atoms in total. The number of pyridine rings is 1. The van der Waals surface area contributed by atoms with Crippen molar-refractivity contribution in [3.63, 3.8) is 0 Å². The maximum atomic E-state index is 4.41. The van der Waals surface area contributed by atoms with Gasteiger partial charge in [0.25, 0.3) is 0 Å². The number of benzene rings is 1. The van der Waals surface area contributed by atoms with Crippen LogP contribution in [0, 0.1) is 11.8 Å². The third kappa shape index (κ3) is 2.34. The Morgan fingerprint density at radius 3 is 3.14 bits per heavy atom. The van der Waals surface area contributed by atoms with Crippen molar-refractivity contribution < 1.29 is 0 Å². The van der Waals surface area contributed by atoms with E-state index < -0.39 is 0 Å². The first kappa shape index (κ1) is 13.2. The molecule has 0 radical (unpaired) electrons. The lowest BCUT2D eigenvalue weighted by atomic mass is 9.93. The highest BCUT2D eigenvalue weighted by atomic mass is 15.2. The van der Waals surface area contributed by atoms with Crippen LogP contribution in [0.5, 0.6) is 0 Å². The van der Waals surface area contributed by atoms with Crippen LogP contribution in [0.4, 0.5) is 0 Å². The monoisotopic (exact) mass is 281 g/mol. The minimum Gasteiger partial charge on any atom is -0.316 e. The third-order valence-corrected chi connectivity index (χ3v) is 5.30. The van der Waals surface area contributed by atoms with E-state index in [1.54, 1.807) is 0 Å². The number of rotatable bonds is 3. The van der Waals surface area contributed by atoms with E-state index in [1.165, 1.54) is 37.0 Å². The smallest absolute Gasteiger partial charge is 0.0702 e. The maximum Gasteiger partial charge on any atom is 0.0702 e. The molecule has 3 heterocycles. The highest BCUT2D eigenvalue weighted by molar-refractivity contribution is 5.78. The minimum atomic E-state index is 0.745. The van der Waals surface area contributed by atoms with Gasteiger partial charge in [0, 0.05) is 30.7 Å². The summed E-state index contributed by atoms with van der Waals surface area (Å²) in [5.41, 5.74) is 2.51. The van der Waals surface area contributed by atoms with Crippen molar-refractivity contribution in [3.05, 3.63) is 42.1 Å². The van der Waals surface area contributed by atoms with Gasteiger partial charge in [-0.25, -0.2) is 0 Å². The van der Waals surface area contributed by atoms with Gasteiger partial charge in [-0.2, -0.15) is 0 Å². The third-order valence-electron chi connectivity index (χ3n) is 5.30. The Balaban J connectivity index is 1.56. The molecule has 2 aliphatic heterocycles. The molecule has 1 N–H and O–H groups in total. The second-order valence-corrected chi connectivity index (χ2v) is 6.52. The Bertz CT molecular complexity index is 639. The van der Waals surface area contributed by atoms with Gasteiger partial charge < -0.3 is 5.32 Å². The van der Waals surface area contributed by atoms with E-state index in [1.807, 2.05) is 12.3 Å². The van der Waals surface area contributed by atoms with Crippen LogP contribution in [0.3, 0.4) is 0 Å². The molecule has 0 bridgehead atoms. The topological polar surface area (TPSA) is 28.2 Å². The lowest BCUT2D eigenvalue weighted by Crippen LogP contribution is -2.34. The lowest BCUT2D eigenvalue weighted by Gasteiger charge is -2.26. The standard InChI is InChI=1S/C18H23N3/c1-2-18-16-10-19-9-15(16)12-21(18)11-13-5-6-17-14(8-13)4-3-7-20-17/h3-8,15-16,18-19H,2,9-12H2,1H3. The van der Waals surface area contributed by atoms with Crippen LogP contribution in [0.25, 0.3) is 10.9 Å². The van der Waals surface area contributed by atoms with Crippen molar-refractivity contribution in [3.8, 4) is 0 Å². The first-order chi connectivity index (χ1) is 10.3. The number of fused-ring (bicyclic) bond motifs is 2. The molecule has 2 saturated heterocycles. The Morgan fingerprint density at radius 2 is 2.24 bits per heavy atom. The number of nitrogens with one attached hydrogen (secondary N) is 1. The Labute approximate surface area is 126 Å². The molecule has 2 aliphatic rings. The molecular formula is C18H23N3. The molecule has 3 atom stereocenters. The predicted molar refractivity (Wildman–Crippen MR) is 86.1 cm³/mol. The summed E-state index contributed by atoms with van der Waals surface area (Å²) in [4.78, 5) is 7.11. The normalized spacial score (nSPS) is 29.1. The molecule has 4 rings (SSSR count). The van der Waals surface area contributed by atoms with Gasteiger partial charge in [0.2, 0.25) is 0 Å². The van der Waals surface area contributed by atoms with Gasteiger partial charge in [0.15, 0.2) is 0 Å². The van der Waals surface area contributed by atoms with Gasteiger partial charge in [-0.3, -0.25) is 9.88 Å². The summed E-state index contributed by atoms with van der Waals surface area (Å²) in [6.45, 7) is 7.08. The summed E-state index contributed by atoms with van der Waals surface area (Å²) in [6.07, 6.45) is 3.13. The Morgan fingerprint density at radius 1 is 1.29 bits per heavy atom. The van der Waals surface area contributed by atoms with Crippen molar-refractivity contribution in [2.45, 2.75) is 25.9 Å². The molecule has 110 valence electrons. The van der Waals surface area contributed by atoms with E-state index in [0.717, 1.165) is 29.9 Å². The second kappa shape index (κ2) is 5.39. The predicted octanol–water partition coefficient (Wildman–Crippen LogP) is 2.66. The zero-order chi connectivity index (χ0) is 14.2. The van der Waals surface area contributed by atoms with E-state index in [0.29, 0.717) is 0 Å². The van der Waals surface area contributed by atoms with Crippen molar-refractivity contribution in [1.29, 1.82) is 0 Å². The summed E-state index contributed by atoms with van der Waals surface area (Å²) in [5.74, 6) is 1.72. The van der Waals surface area contributed by atoms with E-state index in [2.05, 4.69) is 46.4 Å². The molecule has 2 fully saturated rings. The molecule has 3 heteroatoms. The van der Waals surface area contributed by atoms with Crippen LogP contribution in [-0.4, -0.2) is 35.6 Å². The van der Waals surface area contributed by atoms with E-state index in [4.69, 9.17) is 0 Å². The van der Waals surface area contributed by atoms with Crippen LogP contribution < -0.4 is 5.32 Å². The average molecular weight is 281 g/mol. The largest absolute Gasteiger partial charge is 0.316 e. The van der Waals surface area contributed by atoms with Gasteiger partial charge in [-0.05, 0) is 55.1 Å². The van der Waals surface area contributed by atoms with Crippen LogP contribution >= 0.6 is 0 Å². The molecule has 21 heavy (non-hydrogen) atoms. The van der Waals surface area contributed by atoms with Crippen LogP contribution in [0.1, 0.15) is 18.9 Å². The molecule has 0 aliphatic carbocycles. The van der Waals surface area contributed by atoms with E-state index in [9.17, 15) is 0 Å². The van der Waals surface area contributed by atoms with Crippen molar-refractivity contribution in [1.82, 2.24) is 15.2 Å². The number of hydrogen-bond donors (Lipinski definition) is 1. The zero-order valence-electron chi connectivity index (χ0n) is 12.6. The number of nitrogens with zero attached hydrogens (tertiary/aromatic N) is 2. The summed E-state index contributed by atoms with van der Waals surface area (Å²) < 4.78 is 0. The van der Waals surface area contributed by atoms with Gasteiger partial charge in [-0.15, -0.1) is 0 Å². The summed E-state index contributed by atoms with van der Waals surface area (Å²) in [6, 6.07) is 11.6. The summed E-state index contributed by atoms with van der Waals surface area (Å²) in [7, 11) is 0. The molecular weight excluding hydrogens is 258 g/mol. The van der Waals surface area contributed by atoms with Crippen LogP contribution in [-0.2, 0) is 6.54 Å². The maximum absolute atomic E-state index is 4.41. The van der Waals surface area contributed by atoms with Gasteiger partial charge in [0.1, 0.15) is 0 Å². The van der Waals surface area contributed by atoms with Crippen LogP contribution in [0.15, 0.2) is 36.5 Å². The van der Waals surface area contributed by atoms with Crippen molar-refractivity contribution in [2.24, 2.45) is 11.8 Å². The first-order valence-corrected chi connectivity index (χ1v) is 8.13. The highest BCUT2D eigenvalue weighted by Crippen LogP contribution is 2.35. The van der Waals surface area contributed by atoms with Gasteiger partial charge in [-0.1, -0.05) is 19.1 Å². The number of hydrogen-bond acceptors (Lipinski definition) is 3. The fraction of sp³-hybridized carbons (Fsp3) is 0.500. The van der Waals surface area contributed by atoms with Gasteiger partial charge >= 0.3 is 0 Å². The van der Waals surface area contributed by atoms with Crippen molar-refractivity contribution >= 4 is 10.9 Å². The van der Waals surface area contributed by atoms with Crippen LogP contribution in [0.2, 0.25) is 0 Å². The minimum absolute atomic E-state index is 0.745. The molecule has 0 amide bonds. The van der Waals surface area contributed by atoms with E-state index >= 15 is 0 Å². The summed E-state index contributed by atoms with van der Waals surface area (Å²) >= 11 is 0. The quantitative estimate of drug-likeness (QED) is 0.937.